The number of benzene rings is 2. The second-order valence-corrected chi connectivity index (χ2v) is 8.40. The molecule has 0 radical (unpaired) electrons. The summed E-state index contributed by atoms with van der Waals surface area (Å²) in [5.41, 5.74) is 0.154. The monoisotopic (exact) mass is 414 g/mol. The highest BCUT2D eigenvalue weighted by molar-refractivity contribution is 7.89. The number of carbonyl (C=O) groups excluding carboxylic acids is 1. The zero-order valence-electron chi connectivity index (χ0n) is 14.8. The number of anilines is 1. The van der Waals surface area contributed by atoms with E-state index in [1.165, 1.54) is 22.5 Å². The fourth-order valence-corrected chi connectivity index (χ4v) is 4.42. The van der Waals surface area contributed by atoms with Crippen molar-refractivity contribution in [1.29, 1.82) is 0 Å². The van der Waals surface area contributed by atoms with Crippen LogP contribution < -0.4 is 10.2 Å². The molecule has 1 saturated heterocycles. The number of sulfonamides is 1. The van der Waals surface area contributed by atoms with Crippen molar-refractivity contribution in [2.24, 2.45) is 0 Å². The number of nitrogens with zero attached hydrogens (tertiary/aromatic N) is 1. The van der Waals surface area contributed by atoms with Crippen LogP contribution in [0.3, 0.4) is 0 Å². The van der Waals surface area contributed by atoms with E-state index in [0.717, 1.165) is 29.2 Å². The first kappa shape index (κ1) is 20.3. The van der Waals surface area contributed by atoms with Crippen LogP contribution >= 0.6 is 0 Å². The average molecular weight is 414 g/mol. The Kier molecular flexibility index (Phi) is 6.01. The lowest BCUT2D eigenvalue weighted by molar-refractivity contribution is -0.895. The van der Waals surface area contributed by atoms with Gasteiger partial charge in [0.25, 0.3) is 5.91 Å². The van der Waals surface area contributed by atoms with Crippen LogP contribution in [0.5, 0.6) is 0 Å². The molecule has 6 nitrogen and oxygen atoms in total. The fraction of sp³-hybridized carbons (Fsp3) is 0.278. The molecule has 0 aromatic heterocycles. The van der Waals surface area contributed by atoms with Crippen LogP contribution in [-0.2, 0) is 14.8 Å². The number of hydrogen-bond donors (Lipinski definition) is 2. The van der Waals surface area contributed by atoms with Gasteiger partial charge in [0, 0.05) is 11.8 Å². The zero-order chi connectivity index (χ0) is 20.3. The molecule has 1 aliphatic rings. The number of hydrogen-bond acceptors (Lipinski definition) is 3. The zero-order valence-corrected chi connectivity index (χ0v) is 15.6. The number of piperazine rings is 1. The molecule has 0 aliphatic carbocycles. The van der Waals surface area contributed by atoms with E-state index in [9.17, 15) is 26.4 Å². The van der Waals surface area contributed by atoms with Crippen LogP contribution in [0.1, 0.15) is 0 Å². The summed E-state index contributed by atoms with van der Waals surface area (Å²) in [6.07, 6.45) is 0. The second-order valence-electron chi connectivity index (χ2n) is 6.46. The minimum atomic E-state index is -3.71. The average Bonchev–Trinajstić information content (AvgIpc) is 2.65. The molecule has 2 aromatic carbocycles. The van der Waals surface area contributed by atoms with E-state index in [1.54, 1.807) is 0 Å². The van der Waals surface area contributed by atoms with Crippen molar-refractivity contribution >= 4 is 21.6 Å². The van der Waals surface area contributed by atoms with Gasteiger partial charge in [-0.05, 0) is 36.4 Å². The predicted molar refractivity (Wildman–Crippen MR) is 95.7 cm³/mol. The van der Waals surface area contributed by atoms with E-state index in [1.807, 2.05) is 0 Å². The smallest absolute Gasteiger partial charge is 0.279 e. The number of carbonyl (C=O) groups is 1. The lowest BCUT2D eigenvalue weighted by atomic mass is 10.3. The van der Waals surface area contributed by atoms with Gasteiger partial charge in [-0.15, -0.1) is 0 Å². The highest BCUT2D eigenvalue weighted by Gasteiger charge is 2.31. The third-order valence-electron chi connectivity index (χ3n) is 4.49. The van der Waals surface area contributed by atoms with Crippen LogP contribution in [0.2, 0.25) is 0 Å². The summed E-state index contributed by atoms with van der Waals surface area (Å²) in [5.74, 6) is -2.94. The molecular formula is C18H19F3N3O3S+. The molecule has 28 heavy (non-hydrogen) atoms. The molecule has 0 unspecified atom stereocenters. The molecule has 1 aliphatic heterocycles. The van der Waals surface area contributed by atoms with Gasteiger partial charge in [-0.3, -0.25) is 4.79 Å². The third kappa shape index (κ3) is 4.70. The Bertz CT molecular complexity index is 960. The number of quaternary nitrogens is 1. The highest BCUT2D eigenvalue weighted by Crippen LogP contribution is 2.16. The molecule has 1 heterocycles. The van der Waals surface area contributed by atoms with E-state index in [-0.39, 0.29) is 36.1 Å². The van der Waals surface area contributed by atoms with Gasteiger partial charge in [-0.1, -0.05) is 0 Å². The molecular weight excluding hydrogens is 395 g/mol. The largest absolute Gasteiger partial charge is 0.325 e. The van der Waals surface area contributed by atoms with Gasteiger partial charge in [0.15, 0.2) is 18.2 Å². The van der Waals surface area contributed by atoms with Crippen LogP contribution in [0.15, 0.2) is 47.4 Å². The van der Waals surface area contributed by atoms with Crippen molar-refractivity contribution in [2.75, 3.05) is 38.0 Å². The Morgan fingerprint density at radius 1 is 1.00 bits per heavy atom. The summed E-state index contributed by atoms with van der Waals surface area (Å²) in [6.45, 7) is 1.32. The molecule has 2 aromatic rings. The lowest BCUT2D eigenvalue weighted by Gasteiger charge is -2.31. The van der Waals surface area contributed by atoms with E-state index < -0.39 is 27.5 Å². The fourth-order valence-electron chi connectivity index (χ4n) is 2.98. The third-order valence-corrected chi connectivity index (χ3v) is 6.41. The summed E-state index contributed by atoms with van der Waals surface area (Å²) in [5, 5.41) is 2.50. The lowest BCUT2D eigenvalue weighted by Crippen LogP contribution is -3.15. The van der Waals surface area contributed by atoms with Crippen LogP contribution in [0.4, 0.5) is 18.9 Å². The summed E-state index contributed by atoms with van der Waals surface area (Å²) >= 11 is 0. The van der Waals surface area contributed by atoms with Crippen molar-refractivity contribution < 1.29 is 31.3 Å². The molecule has 0 spiro atoms. The van der Waals surface area contributed by atoms with Crippen molar-refractivity contribution in [3.05, 3.63) is 59.9 Å². The number of amides is 1. The van der Waals surface area contributed by atoms with Crippen molar-refractivity contribution in [2.45, 2.75) is 4.90 Å². The maximum Gasteiger partial charge on any atom is 0.279 e. The van der Waals surface area contributed by atoms with E-state index in [2.05, 4.69) is 5.32 Å². The van der Waals surface area contributed by atoms with Gasteiger partial charge in [0.1, 0.15) is 5.82 Å². The second kappa shape index (κ2) is 8.29. The van der Waals surface area contributed by atoms with E-state index >= 15 is 0 Å². The number of nitrogens with one attached hydrogen (secondary N) is 2. The van der Waals surface area contributed by atoms with Gasteiger partial charge in [0.2, 0.25) is 10.0 Å². The maximum atomic E-state index is 13.2. The summed E-state index contributed by atoms with van der Waals surface area (Å²) in [6, 6.07) is 7.72. The molecule has 0 bridgehead atoms. The van der Waals surface area contributed by atoms with Crippen molar-refractivity contribution in [3.8, 4) is 0 Å². The van der Waals surface area contributed by atoms with Gasteiger partial charge in [-0.25, -0.2) is 21.6 Å². The molecule has 2 N–H and O–H groups in total. The van der Waals surface area contributed by atoms with Gasteiger partial charge < -0.3 is 10.2 Å². The topological polar surface area (TPSA) is 70.9 Å². The van der Waals surface area contributed by atoms with Gasteiger partial charge >= 0.3 is 0 Å². The maximum absolute atomic E-state index is 13.2. The van der Waals surface area contributed by atoms with Crippen LogP contribution in [-0.4, -0.2) is 51.4 Å². The van der Waals surface area contributed by atoms with Gasteiger partial charge in [-0.2, -0.15) is 4.31 Å². The summed E-state index contributed by atoms with van der Waals surface area (Å²) < 4.78 is 65.6. The predicted octanol–water partition coefficient (Wildman–Crippen LogP) is 0.632. The first-order valence-corrected chi connectivity index (χ1v) is 10.0. The van der Waals surface area contributed by atoms with E-state index in [4.69, 9.17) is 0 Å². The van der Waals surface area contributed by atoms with Gasteiger partial charge in [0.05, 0.1) is 31.1 Å². The van der Waals surface area contributed by atoms with Crippen LogP contribution in [0, 0.1) is 17.5 Å². The van der Waals surface area contributed by atoms with Crippen LogP contribution in [0.25, 0.3) is 0 Å². The van der Waals surface area contributed by atoms with Crippen molar-refractivity contribution in [1.82, 2.24) is 4.31 Å². The molecule has 0 saturated carbocycles. The minimum absolute atomic E-state index is 0.0217. The molecule has 1 fully saturated rings. The number of rotatable bonds is 5. The molecule has 1 amide bonds. The van der Waals surface area contributed by atoms with E-state index in [0.29, 0.717) is 13.1 Å². The molecule has 10 heteroatoms. The molecule has 3 rings (SSSR count). The molecule has 150 valence electrons. The minimum Gasteiger partial charge on any atom is -0.325 e. The Morgan fingerprint density at radius 2 is 1.64 bits per heavy atom. The summed E-state index contributed by atoms with van der Waals surface area (Å²) in [7, 11) is -3.71. The quantitative estimate of drug-likeness (QED) is 0.754. The standard InChI is InChI=1S/C18H18F3N3O3S/c19-13-1-4-15(5-2-13)28(26,27)24-9-7-23(8-10-24)12-18(25)22-14-3-6-16(20)17(21)11-14/h1-6,11H,7-10,12H2,(H,22,25)/p+1. The normalized spacial score (nSPS) is 16.1. The first-order valence-electron chi connectivity index (χ1n) is 8.60. The first-order chi connectivity index (χ1) is 13.3. The Balaban J connectivity index is 1.54. The van der Waals surface area contributed by atoms with Crippen molar-refractivity contribution in [3.63, 3.8) is 0 Å². The molecule has 0 atom stereocenters. The number of halogens is 3. The SMILES string of the molecule is O=C(C[NH+]1CCN(S(=O)(=O)c2ccc(F)cc2)CC1)Nc1ccc(F)c(F)c1. The Labute approximate surface area is 160 Å². The summed E-state index contributed by atoms with van der Waals surface area (Å²) in [4.78, 5) is 13.0. The Morgan fingerprint density at radius 3 is 2.25 bits per heavy atom. The highest BCUT2D eigenvalue weighted by atomic mass is 32.2. The Hall–Kier alpha value is -2.43.